The molecule has 0 saturated carbocycles. The number of hydrogen-bond donors (Lipinski definition) is 1. The highest BCUT2D eigenvalue weighted by Gasteiger charge is 2.51. The number of ketones is 2. The van der Waals surface area contributed by atoms with Crippen LogP contribution in [0.5, 0.6) is 0 Å². The molecule has 0 aromatic heterocycles. The summed E-state index contributed by atoms with van der Waals surface area (Å²) in [7, 11) is 1.69. The van der Waals surface area contributed by atoms with Crippen LogP contribution in [0.4, 0.5) is 5.69 Å². The summed E-state index contributed by atoms with van der Waals surface area (Å²) in [4.78, 5) is 27.5. The van der Waals surface area contributed by atoms with E-state index in [1.807, 2.05) is 58.0 Å². The Bertz CT molecular complexity index is 1340. The summed E-state index contributed by atoms with van der Waals surface area (Å²) >= 11 is 0. The molecule has 1 N–H and O–H groups in total. The Balaban J connectivity index is 0.00000117. The molecule has 176 valence electrons. The smallest absolute Gasteiger partial charge is 0.196 e. The van der Waals surface area contributed by atoms with Crippen LogP contribution < -0.4 is 5.32 Å². The van der Waals surface area contributed by atoms with Crippen LogP contribution in [0.2, 0.25) is 0 Å². The number of carbonyl (C=O) groups is 2. The first kappa shape index (κ1) is 22.8. The van der Waals surface area contributed by atoms with E-state index in [-0.39, 0.29) is 29.9 Å². The van der Waals surface area contributed by atoms with E-state index in [1.54, 1.807) is 19.2 Å². The lowest BCUT2D eigenvalue weighted by Gasteiger charge is -2.52. The molecule has 3 aromatic carbocycles. The minimum absolute atomic E-state index is 0.0895. The number of carbonyl (C=O) groups excluding carboxylic acids is 2. The molecule has 5 nitrogen and oxygen atoms in total. The van der Waals surface area contributed by atoms with Crippen LogP contribution in [0, 0.1) is 6.92 Å². The van der Waals surface area contributed by atoms with Crippen molar-refractivity contribution in [2.45, 2.75) is 64.9 Å². The molecule has 0 amide bonds. The van der Waals surface area contributed by atoms with Crippen molar-refractivity contribution in [2.75, 3.05) is 12.4 Å². The maximum atomic E-state index is 13.8. The molecule has 3 aromatic rings. The van der Waals surface area contributed by atoms with Gasteiger partial charge < -0.3 is 14.8 Å². The molecule has 3 aliphatic rings. The van der Waals surface area contributed by atoms with Crippen molar-refractivity contribution >= 4 is 28.0 Å². The van der Waals surface area contributed by atoms with Crippen molar-refractivity contribution < 1.29 is 19.1 Å². The van der Waals surface area contributed by atoms with Crippen LogP contribution in [0.3, 0.4) is 0 Å². The monoisotopic (exact) mass is 457 g/mol. The van der Waals surface area contributed by atoms with E-state index >= 15 is 0 Å². The Hall–Kier alpha value is -3.02. The average Bonchev–Trinajstić information content (AvgIpc) is 2.82. The summed E-state index contributed by atoms with van der Waals surface area (Å²) in [6.45, 7) is 10.1. The summed E-state index contributed by atoms with van der Waals surface area (Å²) < 4.78 is 12.1. The Kier molecular flexibility index (Phi) is 5.38. The third kappa shape index (κ3) is 3.07. The van der Waals surface area contributed by atoms with Gasteiger partial charge in [-0.25, -0.2) is 0 Å². The number of benzene rings is 3. The van der Waals surface area contributed by atoms with Gasteiger partial charge >= 0.3 is 0 Å². The van der Waals surface area contributed by atoms with E-state index in [4.69, 9.17) is 9.47 Å². The molecule has 0 spiro atoms. The fraction of sp³-hybridized carbons (Fsp3) is 0.379. The first-order valence-corrected chi connectivity index (χ1v) is 12.1. The zero-order chi connectivity index (χ0) is 24.4. The summed E-state index contributed by atoms with van der Waals surface area (Å²) in [5.74, 6) is -0.223. The molecule has 1 saturated heterocycles. The van der Waals surface area contributed by atoms with E-state index in [9.17, 15) is 9.59 Å². The predicted octanol–water partition coefficient (Wildman–Crippen LogP) is 6.00. The highest BCUT2D eigenvalue weighted by molar-refractivity contribution is 6.33. The molecule has 2 heterocycles. The summed E-state index contributed by atoms with van der Waals surface area (Å²) in [5, 5.41) is 5.40. The van der Waals surface area contributed by atoms with Gasteiger partial charge in [0.05, 0.1) is 29.0 Å². The van der Waals surface area contributed by atoms with Crippen molar-refractivity contribution in [1.82, 2.24) is 0 Å². The highest BCUT2D eigenvalue weighted by Crippen LogP contribution is 2.50. The summed E-state index contributed by atoms with van der Waals surface area (Å²) in [6, 6.07) is 13.4. The maximum absolute atomic E-state index is 13.8. The predicted molar refractivity (Wildman–Crippen MR) is 134 cm³/mol. The van der Waals surface area contributed by atoms with Crippen LogP contribution in [-0.4, -0.2) is 36.4 Å². The van der Waals surface area contributed by atoms with Gasteiger partial charge in [0.2, 0.25) is 0 Å². The van der Waals surface area contributed by atoms with Gasteiger partial charge in [0.15, 0.2) is 11.6 Å². The van der Waals surface area contributed by atoms with Gasteiger partial charge in [-0.2, -0.15) is 0 Å². The van der Waals surface area contributed by atoms with Crippen molar-refractivity contribution in [2.24, 2.45) is 0 Å². The van der Waals surface area contributed by atoms with Crippen molar-refractivity contribution in [3.63, 3.8) is 0 Å². The zero-order valence-corrected chi connectivity index (χ0v) is 20.6. The van der Waals surface area contributed by atoms with Crippen molar-refractivity contribution in [3.05, 3.63) is 75.8 Å². The fourth-order valence-electron chi connectivity index (χ4n) is 6.04. The Labute approximate surface area is 200 Å². The quantitative estimate of drug-likeness (QED) is 0.380. The molecular formula is C29H31NO4. The number of fused-ring (bicyclic) bond motifs is 9. The lowest BCUT2D eigenvalue weighted by atomic mass is 9.73. The number of methoxy groups -OCH3 is 1. The van der Waals surface area contributed by atoms with E-state index < -0.39 is 5.54 Å². The summed E-state index contributed by atoms with van der Waals surface area (Å²) in [5.41, 5.74) is 4.24. The van der Waals surface area contributed by atoms with E-state index in [1.165, 1.54) is 0 Å². The van der Waals surface area contributed by atoms with Crippen LogP contribution in [0.25, 0.3) is 10.8 Å². The van der Waals surface area contributed by atoms with Gasteiger partial charge in [-0.15, -0.1) is 0 Å². The van der Waals surface area contributed by atoms with E-state index in [0.29, 0.717) is 27.9 Å². The molecule has 34 heavy (non-hydrogen) atoms. The van der Waals surface area contributed by atoms with Crippen molar-refractivity contribution in [3.8, 4) is 0 Å². The molecule has 1 aliphatic carbocycles. The van der Waals surface area contributed by atoms with Crippen molar-refractivity contribution in [1.29, 1.82) is 0 Å². The lowest BCUT2D eigenvalue weighted by Crippen LogP contribution is -2.60. The largest absolute Gasteiger partial charge is 0.376 e. The number of nitrogens with one attached hydrogen (secondary N) is 1. The Morgan fingerprint density at radius 1 is 1.00 bits per heavy atom. The minimum Gasteiger partial charge on any atom is -0.376 e. The second-order valence-electron chi connectivity index (χ2n) is 9.56. The minimum atomic E-state index is -0.399. The van der Waals surface area contributed by atoms with E-state index in [0.717, 1.165) is 28.3 Å². The molecule has 0 radical (unpaired) electrons. The van der Waals surface area contributed by atoms with Gasteiger partial charge in [0.25, 0.3) is 0 Å². The first-order valence-electron chi connectivity index (χ1n) is 12.1. The van der Waals surface area contributed by atoms with E-state index in [2.05, 4.69) is 12.2 Å². The number of anilines is 1. The SMILES string of the molecule is CC.COC1C(C)OC2CC1(C)Nc1c2ccc2c1C(=O)c1ccc3cc(C)ccc3c1C2=O. The number of hydrogen-bond acceptors (Lipinski definition) is 5. The van der Waals surface area contributed by atoms with Gasteiger partial charge in [-0.1, -0.05) is 49.7 Å². The molecule has 5 heteroatoms. The normalized spacial score (nSPS) is 26.6. The molecule has 4 unspecified atom stereocenters. The highest BCUT2D eigenvalue weighted by atomic mass is 16.5. The van der Waals surface area contributed by atoms with Gasteiger partial charge in [0.1, 0.15) is 6.10 Å². The average molecular weight is 458 g/mol. The van der Waals surface area contributed by atoms with Gasteiger partial charge in [0, 0.05) is 35.8 Å². The third-order valence-corrected chi connectivity index (χ3v) is 7.41. The molecule has 2 bridgehead atoms. The lowest BCUT2D eigenvalue weighted by molar-refractivity contribution is -0.154. The number of ether oxygens (including phenoxy) is 2. The Morgan fingerprint density at radius 3 is 2.41 bits per heavy atom. The topological polar surface area (TPSA) is 64.6 Å². The van der Waals surface area contributed by atoms with Crippen LogP contribution in [-0.2, 0) is 9.47 Å². The first-order chi connectivity index (χ1) is 16.3. The Morgan fingerprint density at radius 2 is 1.68 bits per heavy atom. The molecule has 2 aliphatic heterocycles. The van der Waals surface area contributed by atoms with Gasteiger partial charge in [-0.3, -0.25) is 9.59 Å². The van der Waals surface area contributed by atoms with Crippen LogP contribution in [0.1, 0.15) is 83.2 Å². The van der Waals surface area contributed by atoms with Crippen LogP contribution >= 0.6 is 0 Å². The maximum Gasteiger partial charge on any atom is 0.196 e. The number of aryl methyl sites for hydroxylation is 1. The molecule has 4 atom stereocenters. The molecular weight excluding hydrogens is 426 g/mol. The zero-order valence-electron chi connectivity index (χ0n) is 20.6. The van der Waals surface area contributed by atoms with Gasteiger partial charge in [-0.05, 0) is 43.7 Å². The summed E-state index contributed by atoms with van der Waals surface area (Å²) in [6.07, 6.45) is 0.335. The third-order valence-electron chi connectivity index (χ3n) is 7.41. The second kappa shape index (κ2) is 8.03. The van der Waals surface area contributed by atoms with Crippen LogP contribution in [0.15, 0.2) is 42.5 Å². The fourth-order valence-corrected chi connectivity index (χ4v) is 6.04. The molecule has 1 fully saturated rings. The second-order valence-corrected chi connectivity index (χ2v) is 9.56. The molecule has 6 rings (SSSR count). The standard InChI is InChI=1S/C27H25NO4.C2H6/c1-13-5-7-16-15(11-13)6-8-18-21(16)24(29)19-10-9-17-20-12-27(3,26(31-4)14(2)32-20)28-23(17)22(19)25(18)30;1-2/h5-11,14,20,26,28H,12H2,1-4H3;1-2H3. The number of rotatable bonds is 1.